The summed E-state index contributed by atoms with van der Waals surface area (Å²) in [7, 11) is 0. The third-order valence-electron chi connectivity index (χ3n) is 4.46. The van der Waals surface area contributed by atoms with Gasteiger partial charge in [-0.2, -0.15) is 0 Å². The minimum absolute atomic E-state index is 0.0343. The van der Waals surface area contributed by atoms with E-state index in [0.717, 1.165) is 5.69 Å². The molecule has 8 heteroatoms. The average Bonchev–Trinajstić information content (AvgIpc) is 3.43. The molecule has 140 valence electrons. The zero-order valence-corrected chi connectivity index (χ0v) is 15.4. The van der Waals surface area contributed by atoms with Crippen LogP contribution in [-0.4, -0.2) is 34.9 Å². The van der Waals surface area contributed by atoms with Crippen LogP contribution in [0.4, 0.5) is 5.13 Å². The smallest absolute Gasteiger partial charge is 0.232 e. The Morgan fingerprint density at radius 2 is 2.11 bits per heavy atom. The van der Waals surface area contributed by atoms with Crippen molar-refractivity contribution in [1.29, 1.82) is 0 Å². The van der Waals surface area contributed by atoms with E-state index in [9.17, 15) is 9.59 Å². The highest BCUT2D eigenvalue weighted by Gasteiger charge is 2.29. The zero-order valence-electron chi connectivity index (χ0n) is 14.6. The topological polar surface area (TPSA) is 97.2 Å². The van der Waals surface area contributed by atoms with Crippen molar-refractivity contribution in [2.45, 2.75) is 19.3 Å². The summed E-state index contributed by atoms with van der Waals surface area (Å²) in [5.41, 5.74) is 1.30. The molecule has 1 amide bonds. The molecule has 0 aliphatic carbocycles. The summed E-state index contributed by atoms with van der Waals surface area (Å²) in [6.07, 6.45) is 4.92. The lowest BCUT2D eigenvalue weighted by molar-refractivity contribution is -0.115. The Balaban J connectivity index is 1.57. The number of ketones is 1. The van der Waals surface area contributed by atoms with Gasteiger partial charge in [-0.3, -0.25) is 9.59 Å². The minimum Gasteiger partial charge on any atom is -0.463 e. The second kappa shape index (κ2) is 7.89. The van der Waals surface area contributed by atoms with Crippen LogP contribution in [0.2, 0.25) is 0 Å². The van der Waals surface area contributed by atoms with Crippen LogP contribution >= 0.6 is 11.3 Å². The molecular weight excluding hydrogens is 366 g/mol. The summed E-state index contributed by atoms with van der Waals surface area (Å²) < 4.78 is 10.8. The van der Waals surface area contributed by atoms with Gasteiger partial charge in [0.1, 0.15) is 10.6 Å². The van der Waals surface area contributed by atoms with Crippen LogP contribution in [-0.2, 0) is 16.0 Å². The third kappa shape index (κ3) is 4.01. The molecule has 0 radical (unpaired) electrons. The number of nitrogens with one attached hydrogen (secondary N) is 2. The molecular formula is C19H19N3O4S. The highest BCUT2D eigenvalue weighted by Crippen LogP contribution is 2.35. The second-order valence-electron chi connectivity index (χ2n) is 6.35. The highest BCUT2D eigenvalue weighted by molar-refractivity contribution is 7.18. The molecule has 0 aromatic carbocycles. The number of carbonyl (C=O) groups excluding carboxylic acids is 2. The summed E-state index contributed by atoms with van der Waals surface area (Å²) >= 11 is 1.20. The van der Waals surface area contributed by atoms with Crippen LogP contribution in [0.25, 0.3) is 11.5 Å². The summed E-state index contributed by atoms with van der Waals surface area (Å²) in [6.45, 7) is 1.18. The van der Waals surface area contributed by atoms with E-state index >= 15 is 0 Å². The quantitative estimate of drug-likeness (QED) is 0.633. The van der Waals surface area contributed by atoms with Gasteiger partial charge in [0.15, 0.2) is 16.7 Å². The molecule has 1 saturated heterocycles. The maximum atomic E-state index is 13.0. The van der Waals surface area contributed by atoms with Crippen molar-refractivity contribution in [2.24, 2.45) is 5.92 Å². The third-order valence-corrected chi connectivity index (χ3v) is 5.44. The molecule has 1 fully saturated rings. The van der Waals surface area contributed by atoms with Crippen molar-refractivity contribution in [2.75, 3.05) is 18.5 Å². The largest absolute Gasteiger partial charge is 0.463 e. The van der Waals surface area contributed by atoms with E-state index in [-0.39, 0.29) is 24.0 Å². The normalized spacial score (nSPS) is 15.0. The van der Waals surface area contributed by atoms with Crippen LogP contribution in [0.5, 0.6) is 0 Å². The van der Waals surface area contributed by atoms with Gasteiger partial charge in [-0.15, -0.1) is 0 Å². The fourth-order valence-electron chi connectivity index (χ4n) is 3.08. The first kappa shape index (κ1) is 17.7. The van der Waals surface area contributed by atoms with Crippen molar-refractivity contribution in [3.05, 3.63) is 47.3 Å². The van der Waals surface area contributed by atoms with E-state index in [0.29, 0.717) is 47.5 Å². The van der Waals surface area contributed by atoms with Gasteiger partial charge in [-0.1, -0.05) is 11.3 Å². The van der Waals surface area contributed by atoms with Crippen molar-refractivity contribution >= 4 is 28.2 Å². The number of furan rings is 1. The van der Waals surface area contributed by atoms with Crippen LogP contribution in [0.3, 0.4) is 0 Å². The number of anilines is 1. The Bertz CT molecular complexity index is 909. The Morgan fingerprint density at radius 1 is 1.26 bits per heavy atom. The number of nitrogens with zero attached hydrogens (tertiary/aromatic N) is 1. The first-order chi connectivity index (χ1) is 13.2. The Hall–Kier alpha value is -2.71. The summed E-state index contributed by atoms with van der Waals surface area (Å²) in [5.74, 6) is 0.274. The Morgan fingerprint density at radius 3 is 2.81 bits per heavy atom. The van der Waals surface area contributed by atoms with Gasteiger partial charge in [-0.05, 0) is 37.1 Å². The number of aromatic amines is 1. The molecule has 7 nitrogen and oxygen atoms in total. The molecule has 1 aliphatic rings. The van der Waals surface area contributed by atoms with Crippen molar-refractivity contribution in [3.63, 3.8) is 0 Å². The van der Waals surface area contributed by atoms with Crippen LogP contribution < -0.4 is 5.32 Å². The number of carbonyl (C=O) groups is 2. The molecule has 1 aliphatic heterocycles. The number of amides is 1. The van der Waals surface area contributed by atoms with E-state index in [1.54, 1.807) is 24.6 Å². The number of aromatic nitrogens is 2. The molecule has 3 aromatic heterocycles. The average molecular weight is 385 g/mol. The van der Waals surface area contributed by atoms with E-state index in [1.165, 1.54) is 11.3 Å². The Kier molecular flexibility index (Phi) is 5.17. The fourth-order valence-corrected chi connectivity index (χ4v) is 4.09. The molecule has 3 aromatic rings. The number of H-pyrrole nitrogens is 1. The number of thiazole rings is 1. The lowest BCUT2D eigenvalue weighted by atomic mass is 9.94. The van der Waals surface area contributed by atoms with Gasteiger partial charge in [0.25, 0.3) is 0 Å². The highest BCUT2D eigenvalue weighted by atomic mass is 32.1. The molecule has 0 spiro atoms. The van der Waals surface area contributed by atoms with Gasteiger partial charge in [0.05, 0.1) is 12.7 Å². The molecule has 4 rings (SSSR count). The molecule has 4 heterocycles. The van der Waals surface area contributed by atoms with Gasteiger partial charge in [0.2, 0.25) is 5.91 Å². The van der Waals surface area contributed by atoms with Crippen LogP contribution in [0.1, 0.15) is 28.2 Å². The van der Waals surface area contributed by atoms with E-state index in [1.807, 2.05) is 12.1 Å². The SMILES string of the molecule is O=C(Cc1ccc[nH]1)Nc1nc(-c2ccco2)c(C(=O)C2CCOCC2)s1. The molecule has 0 bridgehead atoms. The van der Waals surface area contributed by atoms with Crippen LogP contribution in [0, 0.1) is 5.92 Å². The molecule has 2 N–H and O–H groups in total. The Labute approximate surface area is 159 Å². The van der Waals surface area contributed by atoms with Gasteiger partial charge in [-0.25, -0.2) is 4.98 Å². The summed E-state index contributed by atoms with van der Waals surface area (Å²) in [4.78, 5) is 33.3. The lowest BCUT2D eigenvalue weighted by Gasteiger charge is -2.20. The first-order valence-corrected chi connectivity index (χ1v) is 9.61. The molecule has 0 saturated carbocycles. The zero-order chi connectivity index (χ0) is 18.6. The van der Waals surface area contributed by atoms with E-state index in [4.69, 9.17) is 9.15 Å². The number of ether oxygens (including phenoxy) is 1. The monoisotopic (exact) mass is 385 g/mol. The van der Waals surface area contributed by atoms with E-state index in [2.05, 4.69) is 15.3 Å². The molecule has 0 unspecified atom stereocenters. The van der Waals surface area contributed by atoms with Crippen molar-refractivity contribution < 1.29 is 18.7 Å². The first-order valence-electron chi connectivity index (χ1n) is 8.79. The van der Waals surface area contributed by atoms with Crippen LogP contribution in [0.15, 0.2) is 41.1 Å². The number of rotatable bonds is 6. The minimum atomic E-state index is -0.192. The number of hydrogen-bond acceptors (Lipinski definition) is 6. The van der Waals surface area contributed by atoms with Gasteiger partial charge >= 0.3 is 0 Å². The summed E-state index contributed by atoms with van der Waals surface area (Å²) in [5, 5.41) is 3.19. The predicted molar refractivity (Wildman–Crippen MR) is 101 cm³/mol. The standard InChI is InChI=1S/C19H19N3O4S/c23-15(11-13-3-1-7-20-13)21-19-22-16(14-4-2-8-26-14)18(27-19)17(24)12-5-9-25-10-6-12/h1-4,7-8,12,20H,5-6,9-11H2,(H,21,22,23). The van der Waals surface area contributed by atoms with Crippen molar-refractivity contribution in [3.8, 4) is 11.5 Å². The predicted octanol–water partition coefficient (Wildman–Crippen LogP) is 3.52. The molecule has 27 heavy (non-hydrogen) atoms. The summed E-state index contributed by atoms with van der Waals surface area (Å²) in [6, 6.07) is 7.20. The second-order valence-corrected chi connectivity index (χ2v) is 7.34. The van der Waals surface area contributed by atoms with Gasteiger partial charge in [0, 0.05) is 31.0 Å². The molecule has 0 atom stereocenters. The number of Topliss-reactive ketones (excluding diaryl/α,β-unsaturated/α-hetero) is 1. The lowest BCUT2D eigenvalue weighted by Crippen LogP contribution is -2.23. The fraction of sp³-hybridized carbons (Fsp3) is 0.316. The number of hydrogen-bond donors (Lipinski definition) is 2. The van der Waals surface area contributed by atoms with Gasteiger partial charge < -0.3 is 19.5 Å². The maximum Gasteiger partial charge on any atom is 0.232 e. The van der Waals surface area contributed by atoms with Crippen molar-refractivity contribution in [1.82, 2.24) is 9.97 Å². The van der Waals surface area contributed by atoms with E-state index < -0.39 is 0 Å². The maximum absolute atomic E-state index is 13.0.